The Morgan fingerprint density at radius 1 is 1.08 bits per heavy atom. The van der Waals surface area contributed by atoms with Gasteiger partial charge >= 0.3 is 6.03 Å². The Kier molecular flexibility index (Phi) is 8.46. The number of amides is 3. The Morgan fingerprint density at radius 2 is 1.92 bits per heavy atom. The van der Waals surface area contributed by atoms with Gasteiger partial charge in [-0.15, -0.1) is 17.9 Å². The number of fused-ring (bicyclic) bond motifs is 1. The van der Waals surface area contributed by atoms with Crippen LogP contribution in [0.2, 0.25) is 0 Å². The van der Waals surface area contributed by atoms with E-state index in [0.717, 1.165) is 10.4 Å². The Balaban J connectivity index is 1.49. The van der Waals surface area contributed by atoms with E-state index >= 15 is 0 Å². The number of para-hydroxylation sites is 2. The largest absolute Gasteiger partial charge is 0.492 e. The maximum atomic E-state index is 13.5. The monoisotopic (exact) mass is 507 g/mol. The first kappa shape index (κ1) is 25.1. The van der Waals surface area contributed by atoms with Crippen molar-refractivity contribution in [1.29, 1.82) is 0 Å². The molecule has 1 aliphatic rings. The van der Waals surface area contributed by atoms with E-state index in [0.29, 0.717) is 42.6 Å². The number of anilines is 1. The maximum Gasteiger partial charge on any atom is 0.322 e. The predicted octanol–water partition coefficient (Wildman–Crippen LogP) is 5.12. The lowest BCUT2D eigenvalue weighted by Gasteiger charge is -2.27. The van der Waals surface area contributed by atoms with Crippen LogP contribution in [0.3, 0.4) is 0 Å². The molecule has 0 saturated carbocycles. The van der Waals surface area contributed by atoms with E-state index in [1.165, 1.54) is 4.90 Å². The van der Waals surface area contributed by atoms with Gasteiger partial charge in [-0.25, -0.2) is 4.79 Å². The second kappa shape index (κ2) is 12.1. The summed E-state index contributed by atoms with van der Waals surface area (Å²) in [5.74, 6) is 1.74. The number of hydrogen-bond acceptors (Lipinski definition) is 6. The van der Waals surface area contributed by atoms with Crippen molar-refractivity contribution in [2.45, 2.75) is 20.0 Å². The van der Waals surface area contributed by atoms with Crippen molar-refractivity contribution in [3.8, 4) is 17.2 Å². The molecule has 2 heterocycles. The summed E-state index contributed by atoms with van der Waals surface area (Å²) >= 11 is 1.58. The highest BCUT2D eigenvalue weighted by Gasteiger charge is 2.23. The van der Waals surface area contributed by atoms with Gasteiger partial charge in [0.1, 0.15) is 12.3 Å². The van der Waals surface area contributed by atoms with E-state index in [1.54, 1.807) is 34.4 Å². The molecule has 2 aromatic carbocycles. The molecule has 0 atom stereocenters. The van der Waals surface area contributed by atoms with E-state index in [-0.39, 0.29) is 25.8 Å². The predicted molar refractivity (Wildman–Crippen MR) is 140 cm³/mol. The lowest BCUT2D eigenvalue weighted by molar-refractivity contribution is -0.132. The molecule has 1 aliphatic heterocycles. The van der Waals surface area contributed by atoms with Crippen LogP contribution >= 0.6 is 11.3 Å². The molecule has 0 aliphatic carbocycles. The fraction of sp³-hybridized carbons (Fsp3) is 0.259. The third kappa shape index (κ3) is 6.37. The summed E-state index contributed by atoms with van der Waals surface area (Å²) in [6.07, 6.45) is 1.60. The summed E-state index contributed by atoms with van der Waals surface area (Å²) in [4.78, 5) is 30.9. The van der Waals surface area contributed by atoms with Crippen LogP contribution in [0.5, 0.6) is 17.2 Å². The summed E-state index contributed by atoms with van der Waals surface area (Å²) in [5, 5.41) is 4.84. The lowest BCUT2D eigenvalue weighted by atomic mass is 10.2. The second-order valence-electron chi connectivity index (χ2n) is 8.05. The molecule has 0 unspecified atom stereocenters. The Labute approximate surface area is 214 Å². The molecule has 0 fully saturated rings. The summed E-state index contributed by atoms with van der Waals surface area (Å²) < 4.78 is 16.5. The van der Waals surface area contributed by atoms with Crippen molar-refractivity contribution in [3.63, 3.8) is 0 Å². The van der Waals surface area contributed by atoms with E-state index in [4.69, 9.17) is 14.2 Å². The number of rotatable bonds is 11. The first-order chi connectivity index (χ1) is 17.6. The molecular formula is C27H29N3O5S. The van der Waals surface area contributed by atoms with Gasteiger partial charge < -0.3 is 29.3 Å². The standard InChI is InChI=1S/C27H29N3O5S/c1-3-13-29(27(32)28-22-9-5-6-10-23(22)33-4-2)18-26(31)30(17-21-8-7-14-36-21)16-20-11-12-24-25(15-20)35-19-34-24/h3,5-12,14-15H,1,4,13,16-19H2,2H3,(H,28,32). The number of nitrogens with one attached hydrogen (secondary N) is 1. The van der Waals surface area contributed by atoms with Gasteiger partial charge in [0, 0.05) is 18.0 Å². The van der Waals surface area contributed by atoms with Crippen molar-refractivity contribution < 1.29 is 23.8 Å². The Morgan fingerprint density at radius 3 is 2.69 bits per heavy atom. The van der Waals surface area contributed by atoms with Gasteiger partial charge in [0.25, 0.3) is 0 Å². The van der Waals surface area contributed by atoms with Gasteiger partial charge in [-0.2, -0.15) is 0 Å². The van der Waals surface area contributed by atoms with Gasteiger partial charge in [-0.3, -0.25) is 4.79 Å². The quantitative estimate of drug-likeness (QED) is 0.364. The van der Waals surface area contributed by atoms with Gasteiger partial charge in [-0.05, 0) is 48.2 Å². The third-order valence-electron chi connectivity index (χ3n) is 5.48. The van der Waals surface area contributed by atoms with Crippen LogP contribution in [0.15, 0.2) is 72.6 Å². The average Bonchev–Trinajstić information content (AvgIpc) is 3.56. The second-order valence-corrected chi connectivity index (χ2v) is 9.08. The van der Waals surface area contributed by atoms with Crippen LogP contribution in [0, 0.1) is 0 Å². The third-order valence-corrected chi connectivity index (χ3v) is 6.34. The van der Waals surface area contributed by atoms with E-state index in [9.17, 15) is 9.59 Å². The number of hydrogen-bond donors (Lipinski definition) is 1. The van der Waals surface area contributed by atoms with Crippen LogP contribution in [0.25, 0.3) is 0 Å². The number of urea groups is 1. The zero-order chi connectivity index (χ0) is 25.3. The first-order valence-electron chi connectivity index (χ1n) is 11.6. The zero-order valence-electron chi connectivity index (χ0n) is 20.1. The van der Waals surface area contributed by atoms with E-state index in [2.05, 4.69) is 11.9 Å². The van der Waals surface area contributed by atoms with Crippen molar-refractivity contribution in [3.05, 3.63) is 83.1 Å². The molecule has 0 saturated heterocycles. The van der Waals surface area contributed by atoms with Crippen LogP contribution in [-0.2, 0) is 17.9 Å². The number of ether oxygens (including phenoxy) is 3. The van der Waals surface area contributed by atoms with Gasteiger partial charge in [0.2, 0.25) is 12.7 Å². The number of carbonyl (C=O) groups is 2. The molecule has 9 heteroatoms. The number of benzene rings is 2. The number of thiophene rings is 1. The minimum Gasteiger partial charge on any atom is -0.492 e. The fourth-order valence-electron chi connectivity index (χ4n) is 3.77. The van der Waals surface area contributed by atoms with Gasteiger partial charge in [0.05, 0.1) is 18.8 Å². The highest BCUT2D eigenvalue weighted by molar-refractivity contribution is 7.09. The summed E-state index contributed by atoms with van der Waals surface area (Å²) in [7, 11) is 0. The normalized spacial score (nSPS) is 11.6. The number of nitrogens with zero attached hydrogens (tertiary/aromatic N) is 2. The minimum atomic E-state index is -0.408. The number of carbonyl (C=O) groups excluding carboxylic acids is 2. The average molecular weight is 508 g/mol. The van der Waals surface area contributed by atoms with Crippen molar-refractivity contribution in [2.24, 2.45) is 0 Å². The fourth-order valence-corrected chi connectivity index (χ4v) is 4.49. The van der Waals surface area contributed by atoms with Crippen LogP contribution < -0.4 is 19.5 Å². The first-order valence-corrected chi connectivity index (χ1v) is 12.5. The van der Waals surface area contributed by atoms with E-state index < -0.39 is 6.03 Å². The van der Waals surface area contributed by atoms with E-state index in [1.807, 2.05) is 54.8 Å². The van der Waals surface area contributed by atoms with Crippen molar-refractivity contribution in [1.82, 2.24) is 9.80 Å². The molecule has 3 aromatic rings. The highest BCUT2D eigenvalue weighted by Crippen LogP contribution is 2.33. The SMILES string of the molecule is C=CCN(CC(=O)N(Cc1ccc2c(c1)OCO2)Cc1cccs1)C(=O)Nc1ccccc1OCC. The summed E-state index contributed by atoms with van der Waals surface area (Å²) in [6.45, 7) is 7.20. The molecule has 8 nitrogen and oxygen atoms in total. The molecule has 1 aromatic heterocycles. The Hall–Kier alpha value is -3.98. The lowest BCUT2D eigenvalue weighted by Crippen LogP contribution is -2.44. The van der Waals surface area contributed by atoms with Gasteiger partial charge in [-0.1, -0.05) is 30.3 Å². The van der Waals surface area contributed by atoms with Crippen molar-refractivity contribution in [2.75, 3.05) is 31.8 Å². The summed E-state index contributed by atoms with van der Waals surface area (Å²) in [5.41, 5.74) is 1.45. The molecule has 1 N–H and O–H groups in total. The van der Waals surface area contributed by atoms with Crippen LogP contribution in [0.1, 0.15) is 17.4 Å². The Bertz CT molecular complexity index is 1200. The molecule has 3 amide bonds. The molecule has 188 valence electrons. The smallest absolute Gasteiger partial charge is 0.322 e. The molecule has 0 radical (unpaired) electrons. The molecule has 36 heavy (non-hydrogen) atoms. The highest BCUT2D eigenvalue weighted by atomic mass is 32.1. The molecule has 4 rings (SSSR count). The van der Waals surface area contributed by atoms with Gasteiger partial charge in [0.15, 0.2) is 11.5 Å². The van der Waals surface area contributed by atoms with Crippen molar-refractivity contribution >= 4 is 29.0 Å². The van der Waals surface area contributed by atoms with Crippen LogP contribution in [-0.4, -0.2) is 48.2 Å². The molecule has 0 spiro atoms. The molecule has 0 bridgehead atoms. The van der Waals surface area contributed by atoms with Crippen LogP contribution in [0.4, 0.5) is 10.5 Å². The zero-order valence-corrected chi connectivity index (χ0v) is 21.0. The minimum absolute atomic E-state index is 0.107. The topological polar surface area (TPSA) is 80.3 Å². The molecular weight excluding hydrogens is 478 g/mol. The summed E-state index contributed by atoms with van der Waals surface area (Å²) in [6, 6.07) is 16.4. The maximum absolute atomic E-state index is 13.5.